The van der Waals surface area contributed by atoms with Crippen LogP contribution in [0.5, 0.6) is 0 Å². The first kappa shape index (κ1) is 9.14. The third-order valence-corrected chi connectivity index (χ3v) is 2.55. The molecule has 2 aromatic rings. The molecule has 0 amide bonds. The molecule has 2 N–H and O–H groups in total. The average molecular weight is 217 g/mol. The summed E-state index contributed by atoms with van der Waals surface area (Å²) >= 11 is 0. The fraction of sp³-hybridized carbons (Fsp3) is 0.300. The van der Waals surface area contributed by atoms with Gasteiger partial charge >= 0.3 is 0 Å². The third kappa shape index (κ3) is 1.39. The third-order valence-electron chi connectivity index (χ3n) is 2.55. The van der Waals surface area contributed by atoms with Crippen molar-refractivity contribution in [3.8, 4) is 0 Å². The quantitative estimate of drug-likeness (QED) is 0.742. The molecule has 16 heavy (non-hydrogen) atoms. The molecule has 6 nitrogen and oxygen atoms in total. The van der Waals surface area contributed by atoms with Crippen molar-refractivity contribution in [2.45, 2.75) is 6.92 Å². The predicted octanol–water partition coefficient (Wildman–Crippen LogP) is 0.902. The molecule has 6 heteroatoms. The van der Waals surface area contributed by atoms with Crippen LogP contribution in [-0.2, 0) is 0 Å². The highest BCUT2D eigenvalue weighted by Crippen LogP contribution is 2.24. The Bertz CT molecular complexity index is 559. The summed E-state index contributed by atoms with van der Waals surface area (Å²) in [5.74, 6) is 0.776. The molecule has 3 rings (SSSR count). The lowest BCUT2D eigenvalue weighted by atomic mass is 10.1. The molecule has 0 atom stereocenters. The van der Waals surface area contributed by atoms with Crippen LogP contribution in [0.1, 0.15) is 5.56 Å². The molecule has 1 aliphatic rings. The van der Waals surface area contributed by atoms with E-state index < -0.39 is 0 Å². The van der Waals surface area contributed by atoms with Crippen LogP contribution in [0.15, 0.2) is 21.8 Å². The van der Waals surface area contributed by atoms with Crippen LogP contribution in [0.25, 0.3) is 11.0 Å². The molecule has 0 aliphatic carbocycles. The average Bonchev–Trinajstić information content (AvgIpc) is 2.92. The lowest BCUT2D eigenvalue weighted by Crippen LogP contribution is -2.26. The van der Waals surface area contributed by atoms with Gasteiger partial charge in [-0.2, -0.15) is 0 Å². The zero-order chi connectivity index (χ0) is 11.0. The Labute approximate surface area is 91.7 Å². The summed E-state index contributed by atoms with van der Waals surface area (Å²) < 4.78 is 4.72. The molecular formula is C10H11N5O. The van der Waals surface area contributed by atoms with Crippen molar-refractivity contribution >= 4 is 22.7 Å². The molecule has 0 bridgehead atoms. The van der Waals surface area contributed by atoms with Crippen molar-refractivity contribution < 1.29 is 4.63 Å². The minimum Gasteiger partial charge on any atom is -0.354 e. The van der Waals surface area contributed by atoms with Crippen LogP contribution in [0.2, 0.25) is 0 Å². The van der Waals surface area contributed by atoms with E-state index in [1.54, 1.807) is 0 Å². The number of hydrogen-bond acceptors (Lipinski definition) is 6. The van der Waals surface area contributed by atoms with Crippen molar-refractivity contribution in [1.29, 1.82) is 0 Å². The van der Waals surface area contributed by atoms with Gasteiger partial charge in [-0.05, 0) is 28.9 Å². The summed E-state index contributed by atoms with van der Waals surface area (Å²) in [5, 5.41) is 14.1. The smallest absolute Gasteiger partial charge is 0.195 e. The Hall–Kier alpha value is -2.11. The van der Waals surface area contributed by atoms with Crippen LogP contribution in [0, 0.1) is 6.92 Å². The van der Waals surface area contributed by atoms with E-state index in [2.05, 4.69) is 25.9 Å². The van der Waals surface area contributed by atoms with Gasteiger partial charge in [0.2, 0.25) is 0 Å². The van der Waals surface area contributed by atoms with Crippen LogP contribution in [-0.4, -0.2) is 29.4 Å². The molecule has 1 aromatic carbocycles. The van der Waals surface area contributed by atoms with Gasteiger partial charge in [0.15, 0.2) is 11.5 Å². The number of nitrogens with one attached hydrogen (secondary N) is 2. The highest BCUT2D eigenvalue weighted by atomic mass is 16.6. The number of nitrogens with zero attached hydrogens (tertiary/aromatic N) is 3. The molecule has 1 aromatic heterocycles. The summed E-state index contributed by atoms with van der Waals surface area (Å²) in [7, 11) is 0. The largest absolute Gasteiger partial charge is 0.354 e. The maximum atomic E-state index is 4.72. The number of aryl methyl sites for hydroxylation is 1. The van der Waals surface area contributed by atoms with E-state index >= 15 is 0 Å². The monoisotopic (exact) mass is 217 g/mol. The van der Waals surface area contributed by atoms with Gasteiger partial charge < -0.3 is 10.6 Å². The first-order chi connectivity index (χ1) is 7.84. The second kappa shape index (κ2) is 3.48. The van der Waals surface area contributed by atoms with E-state index in [1.807, 2.05) is 19.1 Å². The van der Waals surface area contributed by atoms with Gasteiger partial charge in [0.25, 0.3) is 0 Å². The number of hydrogen-bond donors (Lipinski definition) is 2. The Kier molecular flexibility index (Phi) is 1.99. The number of anilines is 1. The van der Waals surface area contributed by atoms with Gasteiger partial charge in [-0.1, -0.05) is 6.07 Å². The van der Waals surface area contributed by atoms with Crippen LogP contribution < -0.4 is 10.6 Å². The molecule has 0 spiro atoms. The second-order valence-electron chi connectivity index (χ2n) is 3.67. The lowest BCUT2D eigenvalue weighted by molar-refractivity contribution is 0.315. The van der Waals surface area contributed by atoms with E-state index in [4.69, 9.17) is 4.63 Å². The van der Waals surface area contributed by atoms with Gasteiger partial charge in [-0.25, -0.2) is 4.63 Å². The highest BCUT2D eigenvalue weighted by molar-refractivity contribution is 6.02. The zero-order valence-corrected chi connectivity index (χ0v) is 8.82. The van der Waals surface area contributed by atoms with E-state index in [9.17, 15) is 0 Å². The van der Waals surface area contributed by atoms with Crippen molar-refractivity contribution in [2.75, 3.05) is 18.4 Å². The second-order valence-corrected chi connectivity index (χ2v) is 3.67. The number of aromatic nitrogens is 2. The molecule has 0 fully saturated rings. The summed E-state index contributed by atoms with van der Waals surface area (Å²) in [4.78, 5) is 4.28. The molecule has 0 unspecified atom stereocenters. The van der Waals surface area contributed by atoms with Gasteiger partial charge in [-0.3, -0.25) is 4.99 Å². The van der Waals surface area contributed by atoms with Crippen LogP contribution >= 0.6 is 0 Å². The fourth-order valence-electron chi connectivity index (χ4n) is 1.71. The maximum absolute atomic E-state index is 4.72. The number of aliphatic imine (C=N–C) groups is 1. The maximum Gasteiger partial charge on any atom is 0.195 e. The topological polar surface area (TPSA) is 75.3 Å². The number of fused-ring (bicyclic) bond motifs is 1. The number of benzene rings is 1. The summed E-state index contributed by atoms with van der Waals surface area (Å²) in [6.45, 7) is 3.68. The van der Waals surface area contributed by atoms with Gasteiger partial charge in [0, 0.05) is 6.54 Å². The minimum atomic E-state index is 0.733. The van der Waals surface area contributed by atoms with Crippen LogP contribution in [0.4, 0.5) is 5.69 Å². The molecule has 0 saturated carbocycles. The molecular weight excluding hydrogens is 206 g/mol. The fourth-order valence-corrected chi connectivity index (χ4v) is 1.71. The summed E-state index contributed by atoms with van der Waals surface area (Å²) in [5.41, 5.74) is 3.45. The van der Waals surface area contributed by atoms with Crippen molar-refractivity contribution in [1.82, 2.24) is 15.6 Å². The van der Waals surface area contributed by atoms with Crippen molar-refractivity contribution in [2.24, 2.45) is 4.99 Å². The molecule has 1 aliphatic heterocycles. The Morgan fingerprint density at radius 2 is 2.31 bits per heavy atom. The first-order valence-electron chi connectivity index (χ1n) is 5.12. The van der Waals surface area contributed by atoms with Crippen molar-refractivity contribution in [3.05, 3.63) is 17.7 Å². The standard InChI is InChI=1S/C10H11N5O/c1-6-2-3-7-9(15-16-14-7)8(6)13-10-11-4-5-12-10/h2-3H,4-5H2,1H3,(H2,11,12,13). The lowest BCUT2D eigenvalue weighted by Gasteiger charge is -2.08. The first-order valence-corrected chi connectivity index (χ1v) is 5.12. The Morgan fingerprint density at radius 3 is 3.12 bits per heavy atom. The normalized spacial score (nSPS) is 14.9. The predicted molar refractivity (Wildman–Crippen MR) is 60.5 cm³/mol. The van der Waals surface area contributed by atoms with Gasteiger partial charge in [-0.15, -0.1) is 0 Å². The molecule has 0 saturated heterocycles. The Morgan fingerprint density at radius 1 is 1.38 bits per heavy atom. The number of guanidine groups is 1. The Balaban J connectivity index is 2.06. The molecule has 2 heterocycles. The van der Waals surface area contributed by atoms with Crippen LogP contribution in [0.3, 0.4) is 0 Å². The molecule has 82 valence electrons. The van der Waals surface area contributed by atoms with E-state index in [0.29, 0.717) is 0 Å². The SMILES string of the molecule is Cc1ccc2nonc2c1NC1=NCCN1. The zero-order valence-electron chi connectivity index (χ0n) is 8.82. The highest BCUT2D eigenvalue weighted by Gasteiger charge is 2.12. The summed E-state index contributed by atoms with van der Waals surface area (Å²) in [6, 6.07) is 3.86. The van der Waals surface area contributed by atoms with E-state index in [1.165, 1.54) is 0 Å². The minimum absolute atomic E-state index is 0.733. The van der Waals surface area contributed by atoms with Gasteiger partial charge in [0.05, 0.1) is 12.2 Å². The van der Waals surface area contributed by atoms with E-state index in [0.717, 1.165) is 41.3 Å². The van der Waals surface area contributed by atoms with Gasteiger partial charge in [0.1, 0.15) is 5.52 Å². The summed E-state index contributed by atoms with van der Waals surface area (Å²) in [6.07, 6.45) is 0. The molecule has 0 radical (unpaired) electrons. The number of rotatable bonds is 1. The van der Waals surface area contributed by atoms with Crippen molar-refractivity contribution in [3.63, 3.8) is 0 Å². The van der Waals surface area contributed by atoms with E-state index in [-0.39, 0.29) is 0 Å².